The Bertz CT molecular complexity index is 763. The van der Waals surface area contributed by atoms with Crippen LogP contribution in [-0.4, -0.2) is 61.9 Å². The molecule has 0 aliphatic carbocycles. The normalized spacial score (nSPS) is 19.0. The number of aliphatic carboxylic acids is 1. The fourth-order valence-electron chi connectivity index (χ4n) is 2.66. The van der Waals surface area contributed by atoms with Crippen LogP contribution in [-0.2, 0) is 14.8 Å². The van der Waals surface area contributed by atoms with Crippen LogP contribution in [0.1, 0.15) is 24.9 Å². The molecule has 1 saturated heterocycles. The highest BCUT2D eigenvalue weighted by atomic mass is 32.2. The van der Waals surface area contributed by atoms with Gasteiger partial charge in [0.05, 0.1) is 16.9 Å². The fraction of sp³-hybridized carbons (Fsp3) is 0.500. The van der Waals surface area contributed by atoms with E-state index in [0.717, 1.165) is 4.31 Å². The first kappa shape index (κ1) is 19.2. The van der Waals surface area contributed by atoms with Crippen molar-refractivity contribution in [2.24, 2.45) is 5.92 Å². The van der Waals surface area contributed by atoms with Crippen molar-refractivity contribution in [2.45, 2.75) is 24.3 Å². The standard InChI is InChI=1S/C16H23N3O5S/c1-11(17-16(22)19-8-7-13(10-19)15(20)21)12-5-4-6-14(9-12)25(23,24)18(2)3/h4-6,9,11,13H,7-8,10H2,1-3H3,(H,17,22)(H,20,21). The summed E-state index contributed by atoms with van der Waals surface area (Å²) in [6.07, 6.45) is 0.438. The highest BCUT2D eigenvalue weighted by molar-refractivity contribution is 7.89. The number of nitrogens with zero attached hydrogens (tertiary/aromatic N) is 2. The van der Waals surface area contributed by atoms with Gasteiger partial charge in [0.15, 0.2) is 0 Å². The van der Waals surface area contributed by atoms with Crippen molar-refractivity contribution in [3.63, 3.8) is 0 Å². The summed E-state index contributed by atoms with van der Waals surface area (Å²) < 4.78 is 25.6. The maximum Gasteiger partial charge on any atom is 0.317 e. The molecule has 0 aromatic heterocycles. The van der Waals surface area contributed by atoms with Gasteiger partial charge in [-0.25, -0.2) is 17.5 Å². The quantitative estimate of drug-likeness (QED) is 0.809. The molecule has 1 aliphatic rings. The summed E-state index contributed by atoms with van der Waals surface area (Å²) in [4.78, 5) is 24.9. The van der Waals surface area contributed by atoms with E-state index in [4.69, 9.17) is 5.11 Å². The Morgan fingerprint density at radius 1 is 1.36 bits per heavy atom. The van der Waals surface area contributed by atoms with Crippen molar-refractivity contribution in [3.05, 3.63) is 29.8 Å². The molecule has 1 aliphatic heterocycles. The van der Waals surface area contributed by atoms with E-state index < -0.39 is 28.0 Å². The molecule has 1 heterocycles. The van der Waals surface area contributed by atoms with E-state index in [1.165, 1.54) is 31.1 Å². The van der Waals surface area contributed by atoms with Crippen LogP contribution < -0.4 is 5.32 Å². The van der Waals surface area contributed by atoms with Gasteiger partial charge in [-0.3, -0.25) is 4.79 Å². The van der Waals surface area contributed by atoms with Gasteiger partial charge in [0.1, 0.15) is 0 Å². The van der Waals surface area contributed by atoms with E-state index in [9.17, 15) is 18.0 Å². The van der Waals surface area contributed by atoms with Gasteiger partial charge in [-0.05, 0) is 31.0 Å². The van der Waals surface area contributed by atoms with Crippen LogP contribution in [0.25, 0.3) is 0 Å². The Labute approximate surface area is 147 Å². The molecule has 0 radical (unpaired) electrons. The van der Waals surface area contributed by atoms with Crippen molar-refractivity contribution in [3.8, 4) is 0 Å². The molecule has 0 saturated carbocycles. The Balaban J connectivity index is 2.08. The van der Waals surface area contributed by atoms with E-state index in [1.54, 1.807) is 19.1 Å². The number of benzene rings is 1. The third-order valence-corrected chi connectivity index (χ3v) is 6.11. The van der Waals surface area contributed by atoms with E-state index in [1.807, 2.05) is 0 Å². The lowest BCUT2D eigenvalue weighted by Gasteiger charge is -2.21. The van der Waals surface area contributed by atoms with Crippen molar-refractivity contribution in [1.82, 2.24) is 14.5 Å². The van der Waals surface area contributed by atoms with Crippen LogP contribution in [0, 0.1) is 5.92 Å². The molecule has 1 aromatic rings. The second-order valence-electron chi connectivity index (χ2n) is 6.30. The fourth-order valence-corrected chi connectivity index (χ4v) is 3.62. The van der Waals surface area contributed by atoms with Crippen molar-refractivity contribution in [2.75, 3.05) is 27.2 Å². The Morgan fingerprint density at radius 3 is 2.60 bits per heavy atom. The van der Waals surface area contributed by atoms with Gasteiger partial charge in [-0.1, -0.05) is 12.1 Å². The monoisotopic (exact) mass is 369 g/mol. The molecule has 25 heavy (non-hydrogen) atoms. The Morgan fingerprint density at radius 2 is 2.04 bits per heavy atom. The van der Waals surface area contributed by atoms with Gasteiger partial charge in [0.25, 0.3) is 0 Å². The molecular formula is C16H23N3O5S. The average molecular weight is 369 g/mol. The SMILES string of the molecule is CC(NC(=O)N1CCC(C(=O)O)C1)c1cccc(S(=O)(=O)N(C)C)c1. The molecule has 8 nitrogen and oxygen atoms in total. The Kier molecular flexibility index (Phi) is 5.69. The molecule has 1 fully saturated rings. The van der Waals surface area contributed by atoms with Gasteiger partial charge in [-0.2, -0.15) is 0 Å². The number of carbonyl (C=O) groups excluding carboxylic acids is 1. The maximum atomic E-state index is 12.3. The topological polar surface area (TPSA) is 107 Å². The summed E-state index contributed by atoms with van der Waals surface area (Å²) in [7, 11) is -0.633. The van der Waals surface area contributed by atoms with Crippen molar-refractivity contribution in [1.29, 1.82) is 0 Å². The van der Waals surface area contributed by atoms with Crippen molar-refractivity contribution >= 4 is 22.0 Å². The number of carbonyl (C=O) groups is 2. The zero-order valence-corrected chi connectivity index (χ0v) is 15.3. The number of amides is 2. The lowest BCUT2D eigenvalue weighted by atomic mass is 10.1. The predicted molar refractivity (Wildman–Crippen MR) is 91.6 cm³/mol. The van der Waals surface area contributed by atoms with Crippen LogP contribution in [0.5, 0.6) is 0 Å². The van der Waals surface area contributed by atoms with Gasteiger partial charge in [0.2, 0.25) is 10.0 Å². The summed E-state index contributed by atoms with van der Waals surface area (Å²) >= 11 is 0. The zero-order chi connectivity index (χ0) is 18.8. The second kappa shape index (κ2) is 7.40. The van der Waals surface area contributed by atoms with Crippen LogP contribution in [0.2, 0.25) is 0 Å². The first-order valence-electron chi connectivity index (χ1n) is 7.93. The van der Waals surface area contributed by atoms with Crippen molar-refractivity contribution < 1.29 is 23.1 Å². The molecule has 1 aromatic carbocycles. The lowest BCUT2D eigenvalue weighted by Crippen LogP contribution is -2.40. The molecular weight excluding hydrogens is 346 g/mol. The minimum absolute atomic E-state index is 0.156. The third-order valence-electron chi connectivity index (χ3n) is 4.30. The van der Waals surface area contributed by atoms with Gasteiger partial charge in [-0.15, -0.1) is 0 Å². The van der Waals surface area contributed by atoms with Gasteiger partial charge >= 0.3 is 12.0 Å². The number of hydrogen-bond donors (Lipinski definition) is 2. The number of nitrogens with one attached hydrogen (secondary N) is 1. The number of carboxylic acids is 1. The molecule has 2 atom stereocenters. The molecule has 0 bridgehead atoms. The summed E-state index contributed by atoms with van der Waals surface area (Å²) in [5.74, 6) is -1.43. The molecule has 138 valence electrons. The predicted octanol–water partition coefficient (Wildman–Crippen LogP) is 1.11. The van der Waals surface area contributed by atoms with Crippen LogP contribution >= 0.6 is 0 Å². The number of urea groups is 1. The molecule has 2 amide bonds. The number of likely N-dealkylation sites (tertiary alicyclic amines) is 1. The van der Waals surface area contributed by atoms with E-state index in [0.29, 0.717) is 18.5 Å². The summed E-state index contributed by atoms with van der Waals surface area (Å²) in [6.45, 7) is 2.33. The van der Waals surface area contributed by atoms with Crippen LogP contribution in [0.4, 0.5) is 4.79 Å². The summed E-state index contributed by atoms with van der Waals surface area (Å²) in [5.41, 5.74) is 0.658. The molecule has 9 heteroatoms. The first-order valence-corrected chi connectivity index (χ1v) is 9.37. The minimum atomic E-state index is -3.55. The number of carboxylic acid groups (broad SMARTS) is 1. The number of sulfonamides is 1. The molecule has 0 spiro atoms. The van der Waals surface area contributed by atoms with Crippen LogP contribution in [0.15, 0.2) is 29.2 Å². The van der Waals surface area contributed by atoms with E-state index >= 15 is 0 Å². The van der Waals surface area contributed by atoms with E-state index in [2.05, 4.69) is 5.32 Å². The maximum absolute atomic E-state index is 12.3. The van der Waals surface area contributed by atoms with Gasteiger partial charge < -0.3 is 15.3 Å². The summed E-state index contributed by atoms with van der Waals surface area (Å²) in [6, 6.07) is 5.65. The molecule has 2 unspecified atom stereocenters. The minimum Gasteiger partial charge on any atom is -0.481 e. The van der Waals surface area contributed by atoms with E-state index in [-0.39, 0.29) is 17.5 Å². The zero-order valence-electron chi connectivity index (χ0n) is 14.5. The molecule has 2 N–H and O–H groups in total. The highest BCUT2D eigenvalue weighted by Gasteiger charge is 2.31. The molecule has 2 rings (SSSR count). The van der Waals surface area contributed by atoms with Crippen LogP contribution in [0.3, 0.4) is 0 Å². The Hall–Kier alpha value is -2.13. The number of hydrogen-bond acceptors (Lipinski definition) is 4. The lowest BCUT2D eigenvalue weighted by molar-refractivity contribution is -0.141. The average Bonchev–Trinajstić information content (AvgIpc) is 3.05. The summed E-state index contributed by atoms with van der Waals surface area (Å²) in [5, 5.41) is 11.8. The smallest absolute Gasteiger partial charge is 0.317 e. The largest absolute Gasteiger partial charge is 0.481 e. The first-order chi connectivity index (χ1) is 11.6. The third kappa shape index (κ3) is 4.29. The second-order valence-corrected chi connectivity index (χ2v) is 8.45. The van der Waals surface area contributed by atoms with Gasteiger partial charge in [0, 0.05) is 27.2 Å². The highest BCUT2D eigenvalue weighted by Crippen LogP contribution is 2.21. The number of rotatable bonds is 5.